The Bertz CT molecular complexity index is 669. The zero-order valence-corrected chi connectivity index (χ0v) is 12.2. The van der Waals surface area contributed by atoms with E-state index in [1.165, 1.54) is 0 Å². The first-order valence-corrected chi connectivity index (χ1v) is 7.25. The van der Waals surface area contributed by atoms with Crippen molar-refractivity contribution in [2.45, 2.75) is 12.3 Å². The van der Waals surface area contributed by atoms with E-state index in [4.69, 9.17) is 23.2 Å². The Morgan fingerprint density at radius 1 is 1.10 bits per heavy atom. The molecule has 0 spiro atoms. The molecule has 3 rings (SSSR count). The SMILES string of the molecule is O=C(c1cccc(Cl)c1Cl)C1CCNc2ccccc21. The number of rotatable bonds is 2. The Labute approximate surface area is 127 Å². The molecule has 1 aliphatic heterocycles. The number of ketones is 1. The van der Waals surface area contributed by atoms with Crippen molar-refractivity contribution in [1.29, 1.82) is 0 Å². The van der Waals surface area contributed by atoms with Crippen LogP contribution < -0.4 is 5.32 Å². The molecule has 20 heavy (non-hydrogen) atoms. The van der Waals surface area contributed by atoms with Crippen LogP contribution >= 0.6 is 23.2 Å². The van der Waals surface area contributed by atoms with Gasteiger partial charge in [0.2, 0.25) is 0 Å². The fourth-order valence-electron chi connectivity index (χ4n) is 2.62. The topological polar surface area (TPSA) is 29.1 Å². The summed E-state index contributed by atoms with van der Waals surface area (Å²) in [4.78, 5) is 12.8. The predicted octanol–water partition coefficient (Wildman–Crippen LogP) is 4.78. The minimum absolute atomic E-state index is 0.0338. The first kappa shape index (κ1) is 13.5. The van der Waals surface area contributed by atoms with Crippen LogP contribution in [0.2, 0.25) is 10.0 Å². The third-order valence-electron chi connectivity index (χ3n) is 3.62. The van der Waals surface area contributed by atoms with E-state index in [0.29, 0.717) is 15.6 Å². The molecule has 0 radical (unpaired) electrons. The number of benzene rings is 2. The molecule has 0 fully saturated rings. The average Bonchev–Trinajstić information content (AvgIpc) is 2.49. The lowest BCUT2D eigenvalue weighted by atomic mass is 9.85. The highest BCUT2D eigenvalue weighted by atomic mass is 35.5. The van der Waals surface area contributed by atoms with Crippen molar-refractivity contribution in [1.82, 2.24) is 0 Å². The molecule has 0 saturated carbocycles. The third-order valence-corrected chi connectivity index (χ3v) is 4.44. The lowest BCUT2D eigenvalue weighted by Crippen LogP contribution is -2.23. The molecule has 1 unspecified atom stereocenters. The highest BCUT2D eigenvalue weighted by Crippen LogP contribution is 2.36. The zero-order chi connectivity index (χ0) is 14.1. The van der Waals surface area contributed by atoms with E-state index < -0.39 is 0 Å². The van der Waals surface area contributed by atoms with Gasteiger partial charge in [-0.15, -0.1) is 0 Å². The van der Waals surface area contributed by atoms with Crippen molar-refractivity contribution >= 4 is 34.7 Å². The van der Waals surface area contributed by atoms with Crippen LogP contribution in [0.3, 0.4) is 0 Å². The normalized spacial score (nSPS) is 17.2. The van der Waals surface area contributed by atoms with Gasteiger partial charge in [-0.1, -0.05) is 47.5 Å². The second kappa shape index (κ2) is 5.47. The smallest absolute Gasteiger partial charge is 0.172 e. The number of hydrogen-bond donors (Lipinski definition) is 1. The van der Waals surface area contributed by atoms with Crippen molar-refractivity contribution in [2.24, 2.45) is 0 Å². The Kier molecular flexibility index (Phi) is 3.68. The fourth-order valence-corrected chi connectivity index (χ4v) is 3.02. The van der Waals surface area contributed by atoms with E-state index in [-0.39, 0.29) is 11.7 Å². The largest absolute Gasteiger partial charge is 0.385 e. The molecule has 2 aromatic carbocycles. The molecule has 0 amide bonds. The number of hydrogen-bond acceptors (Lipinski definition) is 2. The van der Waals surface area contributed by atoms with Gasteiger partial charge in [0, 0.05) is 17.8 Å². The second-order valence-corrected chi connectivity index (χ2v) is 5.61. The number of nitrogens with one attached hydrogen (secondary N) is 1. The number of carbonyl (C=O) groups excluding carboxylic acids is 1. The molecule has 0 saturated heterocycles. The molecular formula is C16H13Cl2NO. The van der Waals surface area contributed by atoms with Crippen LogP contribution in [0.5, 0.6) is 0 Å². The maximum absolute atomic E-state index is 12.8. The lowest BCUT2D eigenvalue weighted by molar-refractivity contribution is 0.0955. The van der Waals surface area contributed by atoms with Crippen molar-refractivity contribution in [3.63, 3.8) is 0 Å². The molecule has 1 aliphatic rings. The number of carbonyl (C=O) groups is 1. The van der Waals surface area contributed by atoms with Crippen LogP contribution in [0.4, 0.5) is 5.69 Å². The Morgan fingerprint density at radius 3 is 2.75 bits per heavy atom. The molecule has 4 heteroatoms. The van der Waals surface area contributed by atoms with Gasteiger partial charge in [0.25, 0.3) is 0 Å². The lowest BCUT2D eigenvalue weighted by Gasteiger charge is -2.26. The standard InChI is InChI=1S/C16H13Cl2NO/c17-13-6-3-5-12(15(13)18)16(20)11-8-9-19-14-7-2-1-4-10(11)14/h1-7,11,19H,8-9H2. The number of anilines is 1. The fraction of sp³-hybridized carbons (Fsp3) is 0.188. The first-order chi connectivity index (χ1) is 9.68. The molecule has 1 atom stereocenters. The zero-order valence-electron chi connectivity index (χ0n) is 10.7. The molecule has 1 N–H and O–H groups in total. The summed E-state index contributed by atoms with van der Waals surface area (Å²) in [5, 5.41) is 4.07. The van der Waals surface area contributed by atoms with Gasteiger partial charge in [0.1, 0.15) is 0 Å². The molecule has 0 aliphatic carbocycles. The van der Waals surface area contributed by atoms with E-state index in [2.05, 4.69) is 5.32 Å². The van der Waals surface area contributed by atoms with Crippen LogP contribution in [0, 0.1) is 0 Å². The van der Waals surface area contributed by atoms with Crippen molar-refractivity contribution in [2.75, 3.05) is 11.9 Å². The minimum Gasteiger partial charge on any atom is -0.385 e. The van der Waals surface area contributed by atoms with E-state index in [0.717, 1.165) is 24.2 Å². The number of halogens is 2. The second-order valence-electron chi connectivity index (χ2n) is 4.82. The van der Waals surface area contributed by atoms with E-state index >= 15 is 0 Å². The summed E-state index contributed by atoms with van der Waals surface area (Å²) in [6, 6.07) is 13.1. The van der Waals surface area contributed by atoms with Gasteiger partial charge in [-0.3, -0.25) is 4.79 Å². The van der Waals surface area contributed by atoms with Gasteiger partial charge >= 0.3 is 0 Å². The van der Waals surface area contributed by atoms with Crippen LogP contribution in [0.15, 0.2) is 42.5 Å². The van der Waals surface area contributed by atoms with Crippen LogP contribution in [0.25, 0.3) is 0 Å². The van der Waals surface area contributed by atoms with E-state index in [1.807, 2.05) is 24.3 Å². The molecule has 2 aromatic rings. The number of para-hydroxylation sites is 1. The Morgan fingerprint density at radius 2 is 1.90 bits per heavy atom. The van der Waals surface area contributed by atoms with Gasteiger partial charge in [0.15, 0.2) is 5.78 Å². The quantitative estimate of drug-likeness (QED) is 0.809. The summed E-state index contributed by atoms with van der Waals surface area (Å²) in [5.41, 5.74) is 2.55. The van der Waals surface area contributed by atoms with E-state index in [9.17, 15) is 4.79 Å². The summed E-state index contributed by atoms with van der Waals surface area (Å²) in [7, 11) is 0. The van der Waals surface area contributed by atoms with Gasteiger partial charge in [0.05, 0.1) is 16.0 Å². The molecule has 2 nitrogen and oxygen atoms in total. The van der Waals surface area contributed by atoms with Crippen LogP contribution in [-0.4, -0.2) is 12.3 Å². The van der Waals surface area contributed by atoms with Gasteiger partial charge in [-0.25, -0.2) is 0 Å². The summed E-state index contributed by atoms with van der Waals surface area (Å²) in [5.74, 6) is -0.130. The minimum atomic E-state index is -0.164. The monoisotopic (exact) mass is 305 g/mol. The van der Waals surface area contributed by atoms with Crippen LogP contribution in [0.1, 0.15) is 28.3 Å². The Balaban J connectivity index is 2.02. The summed E-state index contributed by atoms with van der Waals surface area (Å²) < 4.78 is 0. The summed E-state index contributed by atoms with van der Waals surface area (Å²) in [6.45, 7) is 0.783. The number of fused-ring (bicyclic) bond motifs is 1. The Hall–Kier alpha value is -1.51. The van der Waals surface area contributed by atoms with E-state index in [1.54, 1.807) is 18.2 Å². The first-order valence-electron chi connectivity index (χ1n) is 6.49. The molecule has 0 bridgehead atoms. The average molecular weight is 306 g/mol. The summed E-state index contributed by atoms with van der Waals surface area (Å²) >= 11 is 12.2. The van der Waals surface area contributed by atoms with Gasteiger partial charge < -0.3 is 5.32 Å². The highest BCUT2D eigenvalue weighted by Gasteiger charge is 2.28. The highest BCUT2D eigenvalue weighted by molar-refractivity contribution is 6.44. The van der Waals surface area contributed by atoms with Crippen molar-refractivity contribution in [3.05, 3.63) is 63.6 Å². The van der Waals surface area contributed by atoms with Crippen molar-refractivity contribution in [3.8, 4) is 0 Å². The van der Waals surface area contributed by atoms with Gasteiger partial charge in [-0.05, 0) is 30.2 Å². The summed E-state index contributed by atoms with van der Waals surface area (Å²) in [6.07, 6.45) is 0.763. The molecule has 1 heterocycles. The maximum atomic E-state index is 12.8. The molecule has 0 aromatic heterocycles. The van der Waals surface area contributed by atoms with Crippen molar-refractivity contribution < 1.29 is 4.79 Å². The number of Topliss-reactive ketones (excluding diaryl/α,β-unsaturated/α-hetero) is 1. The molecule has 102 valence electrons. The van der Waals surface area contributed by atoms with Gasteiger partial charge in [-0.2, -0.15) is 0 Å². The maximum Gasteiger partial charge on any atom is 0.172 e. The molecular weight excluding hydrogens is 293 g/mol. The third kappa shape index (κ3) is 2.30. The van der Waals surface area contributed by atoms with Crippen LogP contribution in [-0.2, 0) is 0 Å². The predicted molar refractivity (Wildman–Crippen MR) is 83.1 cm³/mol.